The fraction of sp³-hybridized carbons (Fsp3) is 0.353. The molecule has 1 fully saturated rings. The van der Waals surface area contributed by atoms with Gasteiger partial charge in [-0.2, -0.15) is 0 Å². The van der Waals surface area contributed by atoms with Gasteiger partial charge in [0.2, 0.25) is 16.0 Å². The molecule has 0 aliphatic carbocycles. The van der Waals surface area contributed by atoms with Crippen molar-refractivity contribution < 1.29 is 17.9 Å². The predicted octanol–water partition coefficient (Wildman–Crippen LogP) is 2.28. The summed E-state index contributed by atoms with van der Waals surface area (Å²) in [4.78, 5) is 21.9. The number of guanidine groups is 1. The van der Waals surface area contributed by atoms with Crippen LogP contribution >= 0.6 is 34.5 Å². The van der Waals surface area contributed by atoms with Crippen molar-refractivity contribution in [2.45, 2.75) is 17.2 Å². The molecule has 0 spiro atoms. The Morgan fingerprint density at radius 3 is 2.93 bits per heavy atom. The summed E-state index contributed by atoms with van der Waals surface area (Å²) in [5.74, 6) is -0.338. The monoisotopic (exact) mass is 489 g/mol. The maximum atomic E-state index is 13.0. The minimum atomic E-state index is -3.78. The second-order valence-corrected chi connectivity index (χ2v) is 10.8. The third-order valence-electron chi connectivity index (χ3n) is 5.02. The maximum absolute atomic E-state index is 13.0. The lowest BCUT2D eigenvalue weighted by Crippen LogP contribution is -2.60. The van der Waals surface area contributed by atoms with E-state index >= 15 is 0 Å². The highest BCUT2D eigenvalue weighted by Crippen LogP contribution is 2.48. The number of ether oxygens (including phenoxy) is 1. The molecule has 3 N–H and O–H groups in total. The quantitative estimate of drug-likeness (QED) is 0.636. The molecule has 4 rings (SSSR count). The molecule has 2 unspecified atom stereocenters. The number of nitrogens with one attached hydrogen (secondary N) is 1. The molecular formula is C17H17Cl2N5O4S2. The molecule has 0 aromatic carbocycles. The van der Waals surface area contributed by atoms with Gasteiger partial charge >= 0.3 is 0 Å². The van der Waals surface area contributed by atoms with Crippen molar-refractivity contribution >= 4 is 62.2 Å². The Bertz CT molecular complexity index is 1150. The second kappa shape index (κ2) is 7.65. The van der Waals surface area contributed by atoms with Crippen LogP contribution in [-0.2, 0) is 20.3 Å². The Morgan fingerprint density at radius 2 is 2.20 bits per heavy atom. The van der Waals surface area contributed by atoms with Gasteiger partial charge in [-0.05, 0) is 24.6 Å². The zero-order valence-corrected chi connectivity index (χ0v) is 18.8. The summed E-state index contributed by atoms with van der Waals surface area (Å²) >= 11 is 13.4. The number of aromatic nitrogens is 1. The van der Waals surface area contributed by atoms with E-state index in [1.807, 2.05) is 0 Å². The third kappa shape index (κ3) is 3.44. The fourth-order valence-corrected chi connectivity index (χ4v) is 7.16. The van der Waals surface area contributed by atoms with Gasteiger partial charge in [0.15, 0.2) is 0 Å². The lowest BCUT2D eigenvalue weighted by Gasteiger charge is -2.45. The van der Waals surface area contributed by atoms with Crippen LogP contribution < -0.4 is 11.1 Å². The van der Waals surface area contributed by atoms with Gasteiger partial charge in [-0.25, -0.2) is 22.7 Å². The number of hydrogen-bond donors (Lipinski definition) is 2. The highest BCUT2D eigenvalue weighted by atomic mass is 35.5. The molecule has 1 amide bonds. The molecule has 2 aromatic heterocycles. The van der Waals surface area contributed by atoms with Crippen LogP contribution in [0.5, 0.6) is 0 Å². The number of anilines is 1. The Hall–Kier alpha value is -1.92. The zero-order valence-electron chi connectivity index (χ0n) is 15.6. The van der Waals surface area contributed by atoms with E-state index in [1.165, 1.54) is 13.1 Å². The van der Waals surface area contributed by atoms with Crippen molar-refractivity contribution in [3.05, 3.63) is 44.2 Å². The number of nitrogens with zero attached hydrogens (tertiary/aromatic N) is 3. The summed E-state index contributed by atoms with van der Waals surface area (Å²) in [6.07, 6.45) is 0.228. The Labute approximate surface area is 186 Å². The molecule has 0 radical (unpaired) electrons. The number of fused-ring (bicyclic) bond motifs is 1. The van der Waals surface area contributed by atoms with Gasteiger partial charge in [0.1, 0.15) is 21.8 Å². The number of rotatable bonds is 3. The van der Waals surface area contributed by atoms with E-state index in [0.717, 1.165) is 15.6 Å². The molecule has 2 aromatic rings. The van der Waals surface area contributed by atoms with E-state index in [-0.39, 0.29) is 46.5 Å². The molecule has 2 atom stereocenters. The molecule has 2 aliphatic heterocycles. The van der Waals surface area contributed by atoms with Crippen LogP contribution in [0, 0.1) is 0 Å². The van der Waals surface area contributed by atoms with Gasteiger partial charge < -0.3 is 15.8 Å². The predicted molar refractivity (Wildman–Crippen MR) is 116 cm³/mol. The average Bonchev–Trinajstić information content (AvgIpc) is 3.09. The van der Waals surface area contributed by atoms with Crippen molar-refractivity contribution in [2.75, 3.05) is 25.6 Å². The number of carbonyl (C=O) groups excluding carboxylic acids is 1. The zero-order chi connectivity index (χ0) is 21.7. The number of thiophene rings is 1. The van der Waals surface area contributed by atoms with Crippen molar-refractivity contribution in [1.29, 1.82) is 0 Å². The summed E-state index contributed by atoms with van der Waals surface area (Å²) in [5, 5.41) is 2.19. The van der Waals surface area contributed by atoms with Crippen LogP contribution in [0.15, 0.2) is 29.3 Å². The number of amides is 1. The van der Waals surface area contributed by atoms with E-state index in [0.29, 0.717) is 4.88 Å². The van der Waals surface area contributed by atoms with Crippen LogP contribution in [0.3, 0.4) is 0 Å². The topological polar surface area (TPSA) is 127 Å². The summed E-state index contributed by atoms with van der Waals surface area (Å²) < 4.78 is 32.6. The molecule has 30 heavy (non-hydrogen) atoms. The van der Waals surface area contributed by atoms with Gasteiger partial charge in [-0.15, -0.1) is 11.3 Å². The Morgan fingerprint density at radius 1 is 1.43 bits per heavy atom. The van der Waals surface area contributed by atoms with E-state index in [2.05, 4.69) is 15.3 Å². The number of sulfonamides is 1. The maximum Gasteiger partial charge on any atom is 0.266 e. The average molecular weight is 490 g/mol. The molecular weight excluding hydrogens is 473 g/mol. The highest BCUT2D eigenvalue weighted by molar-refractivity contribution is 7.90. The molecule has 0 bridgehead atoms. The summed E-state index contributed by atoms with van der Waals surface area (Å²) in [6, 6.07) is 6.31. The lowest BCUT2D eigenvalue weighted by atomic mass is 9.90. The minimum Gasteiger partial charge on any atom is -0.378 e. The number of hydrogen-bond acceptors (Lipinski definition) is 8. The smallest absolute Gasteiger partial charge is 0.266 e. The molecule has 13 heteroatoms. The van der Waals surface area contributed by atoms with Crippen LogP contribution in [0.1, 0.15) is 21.0 Å². The Balaban J connectivity index is 1.75. The minimum absolute atomic E-state index is 0.0113. The van der Waals surface area contributed by atoms with Crippen molar-refractivity contribution in [2.24, 2.45) is 10.7 Å². The first-order chi connectivity index (χ1) is 14.1. The first-order valence-corrected chi connectivity index (χ1v) is 11.9. The molecule has 1 saturated heterocycles. The van der Waals surface area contributed by atoms with Crippen LogP contribution in [0.25, 0.3) is 0 Å². The van der Waals surface area contributed by atoms with E-state index in [4.69, 9.17) is 33.7 Å². The second-order valence-electron chi connectivity index (χ2n) is 6.82. The van der Waals surface area contributed by atoms with E-state index in [9.17, 15) is 13.2 Å². The van der Waals surface area contributed by atoms with Gasteiger partial charge in [-0.3, -0.25) is 4.79 Å². The SMILES string of the molecule is CN1C(N)=NC2(c3sc(C(=O)Nc4cccc(Cl)n4)cc3Cl)COCCC2S1(=O)=O. The summed E-state index contributed by atoms with van der Waals surface area (Å²) in [7, 11) is -2.42. The van der Waals surface area contributed by atoms with Gasteiger partial charge in [0, 0.05) is 13.7 Å². The molecule has 160 valence electrons. The standard InChI is InChI=1S/C17H17Cl2N5O4S2/c1-24-16(20)23-17(8-28-6-5-11(17)30(24,26)27)14-9(18)7-10(29-14)15(25)22-13-4-2-3-12(19)21-13/h2-4,7,11H,5-6,8H2,1H3,(H2,20,23)(H,21,22,25). The first kappa shape index (κ1) is 21.3. The number of pyridine rings is 1. The summed E-state index contributed by atoms with van der Waals surface area (Å²) in [5.41, 5.74) is 4.60. The third-order valence-corrected chi connectivity index (χ3v) is 9.23. The molecule has 9 nitrogen and oxygen atoms in total. The number of nitrogens with two attached hydrogens (primary N) is 1. The Kier molecular flexibility index (Phi) is 5.43. The molecule has 2 aliphatic rings. The summed E-state index contributed by atoms with van der Waals surface area (Å²) in [6.45, 7) is 0.258. The normalized spacial score (nSPS) is 25.4. The lowest BCUT2D eigenvalue weighted by molar-refractivity contribution is 0.0390. The largest absolute Gasteiger partial charge is 0.378 e. The van der Waals surface area contributed by atoms with Gasteiger partial charge in [0.05, 0.1) is 21.4 Å². The number of halogens is 2. The van der Waals surface area contributed by atoms with Gasteiger partial charge in [0.25, 0.3) is 5.91 Å². The highest BCUT2D eigenvalue weighted by Gasteiger charge is 2.56. The van der Waals surface area contributed by atoms with E-state index in [1.54, 1.807) is 18.2 Å². The van der Waals surface area contributed by atoms with Gasteiger partial charge in [-0.1, -0.05) is 29.3 Å². The number of carbonyl (C=O) groups is 1. The van der Waals surface area contributed by atoms with Crippen LogP contribution in [0.4, 0.5) is 5.82 Å². The fourth-order valence-electron chi connectivity index (χ4n) is 3.54. The molecule has 0 saturated carbocycles. The number of aliphatic imine (C=N–C) groups is 1. The molecule has 4 heterocycles. The van der Waals surface area contributed by atoms with Crippen molar-refractivity contribution in [1.82, 2.24) is 9.29 Å². The first-order valence-electron chi connectivity index (χ1n) is 8.80. The van der Waals surface area contributed by atoms with E-state index < -0.39 is 26.7 Å². The van der Waals surface area contributed by atoms with Crippen molar-refractivity contribution in [3.63, 3.8) is 0 Å². The van der Waals surface area contributed by atoms with Crippen molar-refractivity contribution in [3.8, 4) is 0 Å². The van der Waals surface area contributed by atoms with Crippen LogP contribution in [0.2, 0.25) is 10.2 Å². The van der Waals surface area contributed by atoms with Crippen LogP contribution in [-0.4, -0.2) is 55.1 Å².